The second-order valence-corrected chi connectivity index (χ2v) is 6.15. The van der Waals surface area contributed by atoms with Gasteiger partial charge in [0.05, 0.1) is 7.11 Å². The topological polar surface area (TPSA) is 89.7 Å². The molecule has 0 saturated carbocycles. The molecule has 0 aliphatic heterocycles. The number of sulfonamides is 1. The number of hydrogen-bond donors (Lipinski definition) is 1. The molecule has 0 saturated heterocycles. The zero-order chi connectivity index (χ0) is 13.1. The van der Waals surface area contributed by atoms with Gasteiger partial charge in [-0.15, -0.1) is 11.3 Å². The summed E-state index contributed by atoms with van der Waals surface area (Å²) in [6.07, 6.45) is 0. The predicted molar refractivity (Wildman–Crippen MR) is 64.5 cm³/mol. The lowest BCUT2D eigenvalue weighted by atomic mass is 10.5. The third-order valence-corrected chi connectivity index (χ3v) is 5.05. The highest BCUT2D eigenvalue weighted by Crippen LogP contribution is 2.25. The van der Waals surface area contributed by atoms with Crippen molar-refractivity contribution in [1.29, 1.82) is 0 Å². The normalized spacial score (nSPS) is 11.8. The molecule has 0 radical (unpaired) electrons. The van der Waals surface area contributed by atoms with Gasteiger partial charge in [0.15, 0.2) is 0 Å². The van der Waals surface area contributed by atoms with Crippen molar-refractivity contribution in [2.45, 2.75) is 4.90 Å². The Morgan fingerprint density at radius 1 is 1.59 bits per heavy atom. The highest BCUT2D eigenvalue weighted by atomic mass is 32.2. The van der Waals surface area contributed by atoms with Gasteiger partial charge in [-0.25, -0.2) is 13.2 Å². The van der Waals surface area contributed by atoms with Gasteiger partial charge in [0.2, 0.25) is 10.0 Å². The van der Waals surface area contributed by atoms with E-state index in [9.17, 15) is 13.2 Å². The molecule has 0 unspecified atom stereocenters. The molecule has 8 heteroatoms. The lowest BCUT2D eigenvalue weighted by Gasteiger charge is -2.15. The molecule has 1 aromatic rings. The predicted octanol–water partition coefficient (Wildman–Crippen LogP) is 0.114. The summed E-state index contributed by atoms with van der Waals surface area (Å²) in [6, 6.07) is 1.39. The van der Waals surface area contributed by atoms with Crippen molar-refractivity contribution in [3.8, 4) is 0 Å². The number of rotatable bonds is 5. The molecule has 0 atom stereocenters. The molecule has 0 fully saturated rings. The Hall–Kier alpha value is -0.960. The highest BCUT2D eigenvalue weighted by molar-refractivity contribution is 7.89. The van der Waals surface area contributed by atoms with Crippen molar-refractivity contribution in [3.05, 3.63) is 16.3 Å². The molecule has 0 aliphatic carbocycles. The number of thiophene rings is 1. The molecule has 2 N–H and O–H groups in total. The van der Waals surface area contributed by atoms with Gasteiger partial charge < -0.3 is 10.5 Å². The van der Waals surface area contributed by atoms with E-state index >= 15 is 0 Å². The maximum absolute atomic E-state index is 12.1. The molecule has 0 spiro atoms. The molecule has 0 bridgehead atoms. The monoisotopic (exact) mass is 278 g/mol. The van der Waals surface area contributed by atoms with Gasteiger partial charge in [-0.2, -0.15) is 4.31 Å². The summed E-state index contributed by atoms with van der Waals surface area (Å²) >= 11 is 1.03. The molecule has 0 amide bonds. The molecule has 17 heavy (non-hydrogen) atoms. The summed E-state index contributed by atoms with van der Waals surface area (Å²) in [5, 5.41) is 1.54. The van der Waals surface area contributed by atoms with E-state index in [2.05, 4.69) is 4.74 Å². The molecule has 1 heterocycles. The maximum atomic E-state index is 12.1. The van der Waals surface area contributed by atoms with Gasteiger partial charge >= 0.3 is 5.97 Å². The third-order valence-electron chi connectivity index (χ3n) is 2.13. The van der Waals surface area contributed by atoms with Crippen molar-refractivity contribution in [1.82, 2.24) is 4.31 Å². The molecule has 0 aromatic carbocycles. The van der Waals surface area contributed by atoms with Gasteiger partial charge in [-0.1, -0.05) is 0 Å². The van der Waals surface area contributed by atoms with Crippen LogP contribution in [-0.2, 0) is 14.8 Å². The lowest BCUT2D eigenvalue weighted by Crippen LogP contribution is -2.32. The summed E-state index contributed by atoms with van der Waals surface area (Å²) in [6.45, 7) is 0.409. The van der Waals surface area contributed by atoms with Crippen molar-refractivity contribution in [2.24, 2.45) is 5.73 Å². The SMILES string of the molecule is COC(=O)c1sccc1S(=O)(=O)N(C)CCN. The third kappa shape index (κ3) is 2.83. The first-order chi connectivity index (χ1) is 7.95. The van der Waals surface area contributed by atoms with Crippen LogP contribution in [0.15, 0.2) is 16.3 Å². The Labute approximate surface area is 104 Å². The lowest BCUT2D eigenvalue weighted by molar-refractivity contribution is 0.0602. The number of hydrogen-bond acceptors (Lipinski definition) is 6. The van der Waals surface area contributed by atoms with Crippen LogP contribution < -0.4 is 5.73 Å². The van der Waals surface area contributed by atoms with Crippen molar-refractivity contribution < 1.29 is 17.9 Å². The summed E-state index contributed by atoms with van der Waals surface area (Å²) in [7, 11) is -1.05. The number of carbonyl (C=O) groups is 1. The van der Waals surface area contributed by atoms with Gasteiger partial charge in [0.1, 0.15) is 9.77 Å². The first-order valence-corrected chi connectivity index (χ1v) is 7.09. The van der Waals surface area contributed by atoms with E-state index in [4.69, 9.17) is 5.73 Å². The summed E-state index contributed by atoms with van der Waals surface area (Å²) < 4.78 is 29.8. The minimum absolute atomic E-state index is 0.0368. The molecule has 1 aromatic heterocycles. The van der Waals surface area contributed by atoms with E-state index in [1.165, 1.54) is 25.6 Å². The molecule has 96 valence electrons. The molecular formula is C9H14N2O4S2. The Kier molecular flexibility index (Phi) is 4.63. The first-order valence-electron chi connectivity index (χ1n) is 4.77. The number of nitrogens with two attached hydrogens (primary N) is 1. The van der Waals surface area contributed by atoms with E-state index in [-0.39, 0.29) is 22.9 Å². The minimum atomic E-state index is -3.68. The summed E-state index contributed by atoms with van der Waals surface area (Å²) in [4.78, 5) is 11.4. The van der Waals surface area contributed by atoms with Crippen LogP contribution in [0.2, 0.25) is 0 Å². The second kappa shape index (κ2) is 5.58. The smallest absolute Gasteiger partial charge is 0.349 e. The summed E-state index contributed by atoms with van der Waals surface area (Å²) in [5.74, 6) is -0.653. The van der Waals surface area contributed by atoms with Crippen LogP contribution in [0, 0.1) is 0 Å². The molecule has 0 aliphatic rings. The van der Waals surface area contributed by atoms with Crippen LogP contribution in [0.4, 0.5) is 0 Å². The van der Waals surface area contributed by atoms with Gasteiger partial charge in [-0.3, -0.25) is 0 Å². The Morgan fingerprint density at radius 3 is 2.76 bits per heavy atom. The number of methoxy groups -OCH3 is 1. The summed E-state index contributed by atoms with van der Waals surface area (Å²) in [5.41, 5.74) is 5.31. The largest absolute Gasteiger partial charge is 0.465 e. The Morgan fingerprint density at radius 2 is 2.24 bits per heavy atom. The number of ether oxygens (including phenoxy) is 1. The Bertz CT molecular complexity index is 495. The Balaban J connectivity index is 3.16. The molecular weight excluding hydrogens is 264 g/mol. The minimum Gasteiger partial charge on any atom is -0.465 e. The van der Waals surface area contributed by atoms with E-state index in [1.807, 2.05) is 0 Å². The van der Waals surface area contributed by atoms with Crippen molar-refractivity contribution >= 4 is 27.3 Å². The van der Waals surface area contributed by atoms with Crippen LogP contribution in [0.5, 0.6) is 0 Å². The first kappa shape index (κ1) is 14.1. The fourth-order valence-electron chi connectivity index (χ4n) is 1.21. The van der Waals surface area contributed by atoms with E-state index in [0.29, 0.717) is 0 Å². The molecule has 6 nitrogen and oxygen atoms in total. The van der Waals surface area contributed by atoms with Crippen molar-refractivity contribution in [3.63, 3.8) is 0 Å². The molecule has 1 rings (SSSR count). The van der Waals surface area contributed by atoms with Crippen LogP contribution in [-0.4, -0.2) is 45.9 Å². The van der Waals surface area contributed by atoms with E-state index in [0.717, 1.165) is 15.6 Å². The number of esters is 1. The van der Waals surface area contributed by atoms with Crippen LogP contribution >= 0.6 is 11.3 Å². The zero-order valence-corrected chi connectivity index (χ0v) is 11.2. The van der Waals surface area contributed by atoms with E-state index in [1.54, 1.807) is 0 Å². The highest BCUT2D eigenvalue weighted by Gasteiger charge is 2.27. The number of nitrogens with zero attached hydrogens (tertiary/aromatic N) is 1. The van der Waals surface area contributed by atoms with Gasteiger partial charge in [0, 0.05) is 20.1 Å². The van der Waals surface area contributed by atoms with Crippen LogP contribution in [0.1, 0.15) is 9.67 Å². The second-order valence-electron chi connectivity index (χ2n) is 3.22. The fraction of sp³-hybridized carbons (Fsp3) is 0.444. The average Bonchev–Trinajstić information content (AvgIpc) is 2.77. The van der Waals surface area contributed by atoms with Crippen LogP contribution in [0.25, 0.3) is 0 Å². The zero-order valence-electron chi connectivity index (χ0n) is 9.54. The van der Waals surface area contributed by atoms with Gasteiger partial charge in [0.25, 0.3) is 0 Å². The average molecular weight is 278 g/mol. The number of likely N-dealkylation sites (N-methyl/N-ethyl adjacent to an activating group) is 1. The van der Waals surface area contributed by atoms with Crippen molar-refractivity contribution in [2.75, 3.05) is 27.2 Å². The quantitative estimate of drug-likeness (QED) is 0.772. The standard InChI is InChI=1S/C9H14N2O4S2/c1-11(5-4-10)17(13,14)7-3-6-16-8(7)9(12)15-2/h3,6H,4-5,10H2,1-2H3. The number of carbonyl (C=O) groups excluding carboxylic acids is 1. The fourth-order valence-corrected chi connectivity index (χ4v) is 3.70. The van der Waals surface area contributed by atoms with Gasteiger partial charge in [-0.05, 0) is 11.4 Å². The van der Waals surface area contributed by atoms with Crippen LogP contribution in [0.3, 0.4) is 0 Å². The maximum Gasteiger partial charge on any atom is 0.349 e. The van der Waals surface area contributed by atoms with E-state index < -0.39 is 16.0 Å².